The third-order valence-electron chi connectivity index (χ3n) is 3.94. The Morgan fingerprint density at radius 1 is 1.00 bits per heavy atom. The molecule has 128 valence electrons. The van der Waals surface area contributed by atoms with E-state index >= 15 is 0 Å². The van der Waals surface area contributed by atoms with Crippen molar-refractivity contribution in [3.63, 3.8) is 0 Å². The van der Waals surface area contributed by atoms with E-state index < -0.39 is 0 Å². The topological polar surface area (TPSA) is 33.1 Å². The summed E-state index contributed by atoms with van der Waals surface area (Å²) in [6.45, 7) is 0. The van der Waals surface area contributed by atoms with Gasteiger partial charge in [-0.3, -0.25) is 4.98 Å². The quantitative estimate of drug-likeness (QED) is 0.559. The lowest BCUT2D eigenvalue weighted by Crippen LogP contribution is -2.11. The van der Waals surface area contributed by atoms with Gasteiger partial charge < -0.3 is 5.11 Å². The Morgan fingerprint density at radius 3 is 2.56 bits per heavy atom. The van der Waals surface area contributed by atoms with Gasteiger partial charge in [0, 0.05) is 28.1 Å². The van der Waals surface area contributed by atoms with Crippen LogP contribution in [0, 0.1) is 0 Å². The summed E-state index contributed by atoms with van der Waals surface area (Å²) in [6, 6.07) is 20.2. The van der Waals surface area contributed by atoms with Crippen LogP contribution < -0.4 is 0 Å². The van der Waals surface area contributed by atoms with Gasteiger partial charge in [0.25, 0.3) is 0 Å². The third kappa shape index (κ3) is 5.60. The number of aliphatic hydroxyl groups excluding tert-OH is 1. The number of benzene rings is 2. The summed E-state index contributed by atoms with van der Waals surface area (Å²) < 4.78 is 0. The Labute approximate surface area is 157 Å². The molecule has 2 aromatic carbocycles. The monoisotopic (exact) mass is 369 g/mol. The zero-order chi connectivity index (χ0) is 17.5. The van der Waals surface area contributed by atoms with Crippen molar-refractivity contribution in [2.75, 3.05) is 5.75 Å². The van der Waals surface area contributed by atoms with Crippen molar-refractivity contribution < 1.29 is 5.11 Å². The predicted octanol–water partition coefficient (Wildman–Crippen LogP) is 5.49. The average molecular weight is 370 g/mol. The van der Waals surface area contributed by atoms with Crippen LogP contribution in [0.4, 0.5) is 0 Å². The molecule has 4 heteroatoms. The lowest BCUT2D eigenvalue weighted by Gasteiger charge is -2.10. The van der Waals surface area contributed by atoms with E-state index in [-0.39, 0.29) is 6.10 Å². The number of aryl methyl sites for hydroxylation is 1. The first-order chi connectivity index (χ1) is 12.2. The first-order valence-electron chi connectivity index (χ1n) is 8.26. The van der Waals surface area contributed by atoms with Crippen LogP contribution in [0.15, 0.2) is 78.0 Å². The highest BCUT2D eigenvalue weighted by atomic mass is 35.5. The largest absolute Gasteiger partial charge is 0.392 e. The van der Waals surface area contributed by atoms with Gasteiger partial charge in [-0.05, 0) is 59.9 Å². The summed E-state index contributed by atoms with van der Waals surface area (Å²) in [5.41, 5.74) is 3.42. The number of hydrogen-bond acceptors (Lipinski definition) is 3. The Morgan fingerprint density at radius 2 is 1.84 bits per heavy atom. The Kier molecular flexibility index (Phi) is 6.51. The number of aliphatic hydroxyl groups is 1. The molecule has 0 aliphatic rings. The van der Waals surface area contributed by atoms with Gasteiger partial charge in [-0.15, -0.1) is 11.8 Å². The third-order valence-corrected chi connectivity index (χ3v) is 5.34. The average Bonchev–Trinajstić information content (AvgIpc) is 2.66. The number of thioether (sulfide) groups is 1. The maximum absolute atomic E-state index is 10.2. The molecule has 0 saturated carbocycles. The van der Waals surface area contributed by atoms with Gasteiger partial charge in [0.2, 0.25) is 0 Å². The summed E-state index contributed by atoms with van der Waals surface area (Å²) in [4.78, 5) is 5.26. The van der Waals surface area contributed by atoms with Crippen molar-refractivity contribution in [2.45, 2.75) is 23.8 Å². The van der Waals surface area contributed by atoms with Gasteiger partial charge in [0.15, 0.2) is 0 Å². The smallest absolute Gasteiger partial charge is 0.0637 e. The molecule has 3 rings (SSSR count). The van der Waals surface area contributed by atoms with Crippen molar-refractivity contribution >= 4 is 23.4 Å². The summed E-state index contributed by atoms with van der Waals surface area (Å²) in [5, 5.41) is 10.9. The highest BCUT2D eigenvalue weighted by Crippen LogP contribution is 2.26. The molecule has 0 fully saturated rings. The second-order valence-corrected chi connectivity index (χ2v) is 7.43. The lowest BCUT2D eigenvalue weighted by atomic mass is 10.1. The van der Waals surface area contributed by atoms with Crippen molar-refractivity contribution in [3.05, 3.63) is 83.6 Å². The molecular formula is C21H20ClNOS. The van der Waals surface area contributed by atoms with Crippen LogP contribution in [0.25, 0.3) is 11.1 Å². The van der Waals surface area contributed by atoms with E-state index in [2.05, 4.69) is 35.3 Å². The molecule has 0 amide bonds. The van der Waals surface area contributed by atoms with Gasteiger partial charge in [-0.25, -0.2) is 0 Å². The molecule has 0 aliphatic carbocycles. The van der Waals surface area contributed by atoms with Crippen molar-refractivity contribution in [1.29, 1.82) is 0 Å². The minimum atomic E-state index is -0.321. The number of pyridine rings is 1. The number of nitrogens with zero attached hydrogens (tertiary/aromatic N) is 1. The highest BCUT2D eigenvalue weighted by Gasteiger charge is 2.06. The molecule has 0 aliphatic heterocycles. The summed E-state index contributed by atoms with van der Waals surface area (Å²) >= 11 is 7.73. The number of hydrogen-bond donors (Lipinski definition) is 1. The van der Waals surface area contributed by atoms with Gasteiger partial charge >= 0.3 is 0 Å². The fraction of sp³-hybridized carbons (Fsp3) is 0.190. The Bertz CT molecular complexity index is 793. The summed E-state index contributed by atoms with van der Waals surface area (Å²) in [6.07, 6.45) is 4.90. The van der Waals surface area contributed by atoms with Gasteiger partial charge in [0.05, 0.1) is 6.10 Å². The molecule has 2 nitrogen and oxygen atoms in total. The molecule has 1 aromatic heterocycles. The molecular weight excluding hydrogens is 350 g/mol. The van der Waals surface area contributed by atoms with Crippen molar-refractivity contribution in [2.24, 2.45) is 0 Å². The standard InChI is InChI=1S/C21H20ClNOS/c22-19-5-1-4-18(13-19)17-7-10-21(11-8-17)25-15-20(24)9-6-16-3-2-12-23-14-16/h1-5,7-8,10-14,20,24H,6,9,15H2/t20-/m1/s1. The predicted molar refractivity (Wildman–Crippen MR) is 106 cm³/mol. The van der Waals surface area contributed by atoms with E-state index in [1.807, 2.05) is 36.5 Å². The summed E-state index contributed by atoms with van der Waals surface area (Å²) in [5.74, 6) is 0.691. The fourth-order valence-electron chi connectivity index (χ4n) is 2.57. The highest BCUT2D eigenvalue weighted by molar-refractivity contribution is 7.99. The molecule has 0 saturated heterocycles. The van der Waals surface area contributed by atoms with Gasteiger partial charge in [0.1, 0.15) is 0 Å². The van der Waals surface area contributed by atoms with E-state index in [1.54, 1.807) is 18.0 Å². The second-order valence-electron chi connectivity index (χ2n) is 5.90. The van der Waals surface area contributed by atoms with Crippen LogP contribution in [0.2, 0.25) is 5.02 Å². The van der Waals surface area contributed by atoms with E-state index in [4.69, 9.17) is 11.6 Å². The second kappa shape index (κ2) is 9.04. The van der Waals surface area contributed by atoms with Crippen LogP contribution in [-0.2, 0) is 6.42 Å². The molecule has 0 spiro atoms. The molecule has 1 heterocycles. The maximum atomic E-state index is 10.2. The first kappa shape index (κ1) is 18.0. The number of rotatable bonds is 7. The molecule has 0 bridgehead atoms. The van der Waals surface area contributed by atoms with E-state index in [9.17, 15) is 5.11 Å². The van der Waals surface area contributed by atoms with Crippen LogP contribution in [0.1, 0.15) is 12.0 Å². The molecule has 0 unspecified atom stereocenters. The maximum Gasteiger partial charge on any atom is 0.0637 e. The van der Waals surface area contributed by atoms with Crippen LogP contribution in [-0.4, -0.2) is 21.9 Å². The minimum Gasteiger partial charge on any atom is -0.392 e. The van der Waals surface area contributed by atoms with E-state index in [0.717, 1.165) is 39.5 Å². The molecule has 1 atom stereocenters. The van der Waals surface area contributed by atoms with Crippen LogP contribution >= 0.6 is 23.4 Å². The molecule has 1 N–H and O–H groups in total. The lowest BCUT2D eigenvalue weighted by molar-refractivity contribution is 0.189. The molecule has 0 radical (unpaired) electrons. The Balaban J connectivity index is 1.50. The van der Waals surface area contributed by atoms with E-state index in [1.165, 1.54) is 0 Å². The zero-order valence-corrected chi connectivity index (χ0v) is 15.4. The zero-order valence-electron chi connectivity index (χ0n) is 13.8. The van der Waals surface area contributed by atoms with Crippen LogP contribution in [0.3, 0.4) is 0 Å². The number of aromatic nitrogens is 1. The molecule has 3 aromatic rings. The fourth-order valence-corrected chi connectivity index (χ4v) is 3.64. The van der Waals surface area contributed by atoms with Crippen molar-refractivity contribution in [3.8, 4) is 11.1 Å². The minimum absolute atomic E-state index is 0.321. The number of halogens is 1. The normalized spacial score (nSPS) is 12.1. The molecule has 25 heavy (non-hydrogen) atoms. The first-order valence-corrected chi connectivity index (χ1v) is 9.63. The van der Waals surface area contributed by atoms with Crippen molar-refractivity contribution in [1.82, 2.24) is 4.98 Å². The SMILES string of the molecule is O[C@H](CCc1cccnc1)CSc1ccc(-c2cccc(Cl)c2)cc1. The van der Waals surface area contributed by atoms with Gasteiger partial charge in [-0.2, -0.15) is 0 Å². The summed E-state index contributed by atoms with van der Waals surface area (Å²) in [7, 11) is 0. The van der Waals surface area contributed by atoms with E-state index in [0.29, 0.717) is 5.75 Å². The van der Waals surface area contributed by atoms with Crippen LogP contribution in [0.5, 0.6) is 0 Å². The Hall–Kier alpha value is -1.81. The van der Waals surface area contributed by atoms with Gasteiger partial charge in [-0.1, -0.05) is 41.9 Å².